The van der Waals surface area contributed by atoms with Gasteiger partial charge in [0.05, 0.1) is 23.6 Å². The van der Waals surface area contributed by atoms with Crippen LogP contribution in [0.15, 0.2) is 28.1 Å². The number of likely N-dealkylation sites (tertiary alicyclic amines) is 1. The van der Waals surface area contributed by atoms with Gasteiger partial charge in [-0.25, -0.2) is 0 Å². The maximum Gasteiger partial charge on any atom is 0.269 e. The first kappa shape index (κ1) is 25.4. The number of amidine groups is 1. The Labute approximate surface area is 210 Å². The topological polar surface area (TPSA) is 132 Å². The van der Waals surface area contributed by atoms with E-state index >= 15 is 0 Å². The zero-order valence-corrected chi connectivity index (χ0v) is 21.2. The van der Waals surface area contributed by atoms with Crippen molar-refractivity contribution in [3.8, 4) is 6.07 Å². The lowest BCUT2D eigenvalue weighted by Crippen LogP contribution is -2.52. The first-order valence-electron chi connectivity index (χ1n) is 12.1. The third kappa shape index (κ3) is 5.77. The molecule has 0 bridgehead atoms. The average molecular weight is 500 g/mol. The van der Waals surface area contributed by atoms with Crippen LogP contribution in [0.4, 0.5) is 5.69 Å². The number of nitro groups is 1. The second-order valence-electron chi connectivity index (χ2n) is 10.3. The summed E-state index contributed by atoms with van der Waals surface area (Å²) >= 11 is 1.39. The van der Waals surface area contributed by atoms with Crippen molar-refractivity contribution < 1.29 is 9.72 Å². The molecule has 3 aliphatic rings. The molecule has 1 fully saturated rings. The minimum Gasteiger partial charge on any atom is -0.341 e. The summed E-state index contributed by atoms with van der Waals surface area (Å²) in [5.74, 6) is -0.150. The third-order valence-electron chi connectivity index (χ3n) is 6.83. The number of hydrogen-bond donors (Lipinski definition) is 1. The Balaban J connectivity index is 1.79. The molecular weight excluding hydrogens is 466 g/mol. The predicted octanol–water partition coefficient (Wildman–Crippen LogP) is 2.60. The highest BCUT2D eigenvalue weighted by atomic mass is 32.2. The zero-order chi connectivity index (χ0) is 25.2. The van der Waals surface area contributed by atoms with Crippen LogP contribution in [0.5, 0.6) is 0 Å². The van der Waals surface area contributed by atoms with E-state index in [1.54, 1.807) is 11.0 Å². The minimum atomic E-state index is -1.03. The summed E-state index contributed by atoms with van der Waals surface area (Å²) < 4.78 is 0. The minimum absolute atomic E-state index is 0.0855. The van der Waals surface area contributed by atoms with E-state index in [1.165, 1.54) is 30.3 Å². The highest BCUT2D eigenvalue weighted by molar-refractivity contribution is 8.13. The van der Waals surface area contributed by atoms with E-state index in [-0.39, 0.29) is 23.6 Å². The Bertz CT molecular complexity index is 1050. The van der Waals surface area contributed by atoms with Crippen LogP contribution in [-0.4, -0.2) is 82.6 Å². The van der Waals surface area contributed by atoms with Gasteiger partial charge in [0, 0.05) is 48.6 Å². The molecule has 0 aromatic heterocycles. The Morgan fingerprint density at radius 1 is 1.31 bits per heavy atom. The van der Waals surface area contributed by atoms with Gasteiger partial charge in [0.15, 0.2) is 5.17 Å². The lowest BCUT2D eigenvalue weighted by Gasteiger charge is -2.39. The number of nitrogens with two attached hydrogens (primary N) is 1. The van der Waals surface area contributed by atoms with Crippen molar-refractivity contribution in [3.05, 3.63) is 33.9 Å². The van der Waals surface area contributed by atoms with Crippen molar-refractivity contribution in [3.63, 3.8) is 0 Å². The number of aliphatic imine (C=N–C) groups is 1. The van der Waals surface area contributed by atoms with Crippen LogP contribution in [-0.2, 0) is 4.79 Å². The van der Waals surface area contributed by atoms with Crippen molar-refractivity contribution >= 4 is 28.5 Å². The molecule has 0 aliphatic carbocycles. The molecule has 0 spiro atoms. The van der Waals surface area contributed by atoms with Gasteiger partial charge in [0.2, 0.25) is 5.91 Å². The molecule has 1 aromatic carbocycles. The normalized spacial score (nSPS) is 23.7. The lowest BCUT2D eigenvalue weighted by atomic mass is 9.92. The van der Waals surface area contributed by atoms with Crippen molar-refractivity contribution in [1.29, 1.82) is 5.26 Å². The Morgan fingerprint density at radius 2 is 2.06 bits per heavy atom. The number of nitro benzene ring substituents is 1. The van der Waals surface area contributed by atoms with Crippen LogP contribution in [0.1, 0.15) is 44.7 Å². The number of carbonyl (C=O) groups is 1. The number of piperidine rings is 1. The highest BCUT2D eigenvalue weighted by Crippen LogP contribution is 2.39. The van der Waals surface area contributed by atoms with Gasteiger partial charge in [-0.15, -0.1) is 0 Å². The Kier molecular flexibility index (Phi) is 7.64. The predicted molar refractivity (Wildman–Crippen MR) is 135 cm³/mol. The molecular formula is C24H33N7O3S. The quantitative estimate of drug-likeness (QED) is 0.483. The summed E-state index contributed by atoms with van der Waals surface area (Å²) in [5.41, 5.74) is 6.67. The largest absolute Gasteiger partial charge is 0.341 e. The van der Waals surface area contributed by atoms with E-state index < -0.39 is 17.0 Å². The summed E-state index contributed by atoms with van der Waals surface area (Å²) in [7, 11) is 0. The van der Waals surface area contributed by atoms with E-state index in [9.17, 15) is 20.2 Å². The van der Waals surface area contributed by atoms with Crippen LogP contribution >= 0.6 is 11.8 Å². The van der Waals surface area contributed by atoms with Gasteiger partial charge in [-0.1, -0.05) is 32.0 Å². The second-order valence-corrected chi connectivity index (χ2v) is 11.3. The van der Waals surface area contributed by atoms with Crippen molar-refractivity contribution in [1.82, 2.24) is 14.7 Å². The molecule has 1 saturated heterocycles. The molecule has 1 amide bonds. The maximum absolute atomic E-state index is 13.8. The van der Waals surface area contributed by atoms with Gasteiger partial charge in [-0.2, -0.15) is 5.26 Å². The number of non-ortho nitro benzene ring substituents is 1. The standard InChI is InChI=1S/C24H33N7O3S/c1-24(2)15-27-23-29(16-24)14-21(32)30(11-10-28-8-4-3-5-9-28)22(19(26)13-25)18-12-17(31(33)34)6-7-20(18)35-23/h6-7,12,19,22H,3-5,8-11,14-16,26H2,1-2H3. The van der Waals surface area contributed by atoms with Crippen molar-refractivity contribution in [2.45, 2.75) is 50.1 Å². The fourth-order valence-electron chi connectivity index (χ4n) is 5.04. The number of thioether (sulfide) groups is 1. The molecule has 3 aliphatic heterocycles. The molecule has 11 heteroatoms. The van der Waals surface area contributed by atoms with E-state index in [0.29, 0.717) is 31.7 Å². The number of hydrogen-bond acceptors (Lipinski definition) is 9. The molecule has 188 valence electrons. The van der Waals surface area contributed by atoms with Gasteiger partial charge in [-0.3, -0.25) is 19.9 Å². The molecule has 1 aromatic rings. The van der Waals surface area contributed by atoms with E-state index in [2.05, 4.69) is 24.8 Å². The highest BCUT2D eigenvalue weighted by Gasteiger charge is 2.39. The van der Waals surface area contributed by atoms with Crippen LogP contribution < -0.4 is 5.73 Å². The molecule has 3 heterocycles. The van der Waals surface area contributed by atoms with Crippen LogP contribution in [0.25, 0.3) is 0 Å². The lowest BCUT2D eigenvalue weighted by molar-refractivity contribution is -0.385. The first-order valence-corrected chi connectivity index (χ1v) is 12.9. The number of rotatable bonds is 5. The maximum atomic E-state index is 13.8. The summed E-state index contributed by atoms with van der Waals surface area (Å²) in [4.78, 5) is 36.5. The van der Waals surface area contributed by atoms with Gasteiger partial charge in [0.1, 0.15) is 6.04 Å². The monoisotopic (exact) mass is 499 g/mol. The molecule has 4 rings (SSSR count). The van der Waals surface area contributed by atoms with Gasteiger partial charge < -0.3 is 20.4 Å². The third-order valence-corrected chi connectivity index (χ3v) is 7.99. The summed E-state index contributed by atoms with van der Waals surface area (Å²) in [6, 6.07) is 4.89. The first-order chi connectivity index (χ1) is 16.7. The van der Waals surface area contributed by atoms with E-state index in [1.807, 2.05) is 4.90 Å². The number of carbonyl (C=O) groups excluding carboxylic acids is 1. The molecule has 2 unspecified atom stereocenters. The van der Waals surface area contributed by atoms with E-state index in [4.69, 9.17) is 10.7 Å². The number of fused-ring (bicyclic) bond motifs is 2. The van der Waals surface area contributed by atoms with Gasteiger partial charge in [0.25, 0.3) is 5.69 Å². The Morgan fingerprint density at radius 3 is 2.74 bits per heavy atom. The second kappa shape index (κ2) is 10.5. The molecule has 0 radical (unpaired) electrons. The summed E-state index contributed by atoms with van der Waals surface area (Å²) in [6.07, 6.45) is 3.47. The smallest absolute Gasteiger partial charge is 0.269 e. The molecule has 0 saturated carbocycles. The molecule has 2 N–H and O–H groups in total. The number of nitrogens with zero attached hydrogens (tertiary/aromatic N) is 6. The van der Waals surface area contributed by atoms with Gasteiger partial charge in [-0.05, 0) is 37.6 Å². The Hall–Kier alpha value is -2.68. The van der Waals surface area contributed by atoms with Crippen LogP contribution in [0.3, 0.4) is 0 Å². The van der Waals surface area contributed by atoms with Crippen LogP contribution in [0, 0.1) is 26.9 Å². The zero-order valence-electron chi connectivity index (χ0n) is 20.4. The molecule has 10 nitrogen and oxygen atoms in total. The fourth-order valence-corrected chi connectivity index (χ4v) is 6.06. The van der Waals surface area contributed by atoms with E-state index in [0.717, 1.165) is 36.0 Å². The SMILES string of the molecule is CC1(C)CN=C2Sc3ccc([N+](=O)[O-])cc3C(C(N)C#N)N(CCN3CCCCC3)C(=O)CN2C1. The summed E-state index contributed by atoms with van der Waals surface area (Å²) in [6.45, 7) is 8.69. The fraction of sp³-hybridized carbons (Fsp3) is 0.625. The molecule has 2 atom stereocenters. The van der Waals surface area contributed by atoms with Crippen molar-refractivity contribution in [2.24, 2.45) is 16.1 Å². The number of amides is 1. The van der Waals surface area contributed by atoms with Gasteiger partial charge >= 0.3 is 0 Å². The van der Waals surface area contributed by atoms with Crippen LogP contribution in [0.2, 0.25) is 0 Å². The van der Waals surface area contributed by atoms with Crippen molar-refractivity contribution in [2.75, 3.05) is 45.8 Å². The number of benzene rings is 1. The molecule has 35 heavy (non-hydrogen) atoms. The number of nitriles is 1. The summed E-state index contributed by atoms with van der Waals surface area (Å²) in [5, 5.41) is 22.2. The average Bonchev–Trinajstić information content (AvgIpc) is 2.87.